The first-order chi connectivity index (χ1) is 6.67. The van der Waals surface area contributed by atoms with Crippen LogP contribution < -0.4 is 5.32 Å². The van der Waals surface area contributed by atoms with E-state index >= 15 is 0 Å². The zero-order chi connectivity index (χ0) is 10.6. The summed E-state index contributed by atoms with van der Waals surface area (Å²) in [6.07, 6.45) is 1.55. The summed E-state index contributed by atoms with van der Waals surface area (Å²) in [5.41, 5.74) is 0.497. The lowest BCUT2D eigenvalue weighted by atomic mass is 10.2. The van der Waals surface area contributed by atoms with Crippen LogP contribution in [-0.2, 0) is 11.3 Å². The highest BCUT2D eigenvalue weighted by molar-refractivity contribution is 5.75. The van der Waals surface area contributed by atoms with Crippen LogP contribution >= 0.6 is 0 Å². The molecule has 0 saturated carbocycles. The van der Waals surface area contributed by atoms with Gasteiger partial charge in [-0.05, 0) is 6.42 Å². The number of hydrogen-bond acceptors (Lipinski definition) is 4. The zero-order valence-corrected chi connectivity index (χ0v) is 8.27. The number of aromatic nitrogens is 3. The minimum absolute atomic E-state index is 0.125. The lowest BCUT2D eigenvalue weighted by molar-refractivity contribution is -0.121. The van der Waals surface area contributed by atoms with Crippen LogP contribution in [0.2, 0.25) is 0 Å². The molecule has 0 saturated heterocycles. The number of amides is 1. The van der Waals surface area contributed by atoms with Gasteiger partial charge in [-0.3, -0.25) is 4.79 Å². The average Bonchev–Trinajstić information content (AvgIpc) is 2.65. The highest BCUT2D eigenvalue weighted by Crippen LogP contribution is 2.11. The van der Waals surface area contributed by atoms with Gasteiger partial charge in [-0.15, -0.1) is 5.10 Å². The second-order valence-electron chi connectivity index (χ2n) is 2.94. The van der Waals surface area contributed by atoms with Crippen LogP contribution in [0.3, 0.4) is 0 Å². The third-order valence-electron chi connectivity index (χ3n) is 1.87. The molecule has 0 radical (unpaired) electrons. The molecule has 78 valence electrons. The molecule has 14 heavy (non-hydrogen) atoms. The Morgan fingerprint density at radius 1 is 1.79 bits per heavy atom. The van der Waals surface area contributed by atoms with Crippen molar-refractivity contribution in [2.24, 2.45) is 0 Å². The summed E-state index contributed by atoms with van der Waals surface area (Å²) in [4.78, 5) is 11.0. The Balaban J connectivity index is 2.63. The van der Waals surface area contributed by atoms with Crippen molar-refractivity contribution in [3.8, 4) is 0 Å². The van der Waals surface area contributed by atoms with Crippen LogP contribution in [0.5, 0.6) is 0 Å². The Morgan fingerprint density at radius 3 is 3.07 bits per heavy atom. The fourth-order valence-electron chi connectivity index (χ4n) is 0.979. The molecule has 0 aliphatic heterocycles. The van der Waals surface area contributed by atoms with E-state index in [4.69, 9.17) is 0 Å². The third-order valence-corrected chi connectivity index (χ3v) is 1.87. The van der Waals surface area contributed by atoms with Gasteiger partial charge >= 0.3 is 0 Å². The van der Waals surface area contributed by atoms with E-state index in [0.29, 0.717) is 12.1 Å². The molecule has 0 aromatic carbocycles. The molecule has 0 fully saturated rings. The molecule has 6 nitrogen and oxygen atoms in total. The van der Waals surface area contributed by atoms with Gasteiger partial charge in [0.1, 0.15) is 12.2 Å². The Kier molecular flexibility index (Phi) is 3.58. The van der Waals surface area contributed by atoms with Crippen LogP contribution in [0.4, 0.5) is 0 Å². The van der Waals surface area contributed by atoms with E-state index in [1.165, 1.54) is 4.68 Å². The number of nitrogens with zero attached hydrogens (tertiary/aromatic N) is 3. The van der Waals surface area contributed by atoms with Gasteiger partial charge in [0, 0.05) is 7.05 Å². The maximum Gasteiger partial charge on any atom is 0.241 e. The van der Waals surface area contributed by atoms with Crippen molar-refractivity contribution in [3.05, 3.63) is 11.9 Å². The zero-order valence-electron chi connectivity index (χ0n) is 8.27. The van der Waals surface area contributed by atoms with Crippen molar-refractivity contribution in [2.75, 3.05) is 7.05 Å². The van der Waals surface area contributed by atoms with E-state index in [-0.39, 0.29) is 12.5 Å². The molecule has 0 aliphatic rings. The monoisotopic (exact) mass is 198 g/mol. The van der Waals surface area contributed by atoms with Gasteiger partial charge in [0.2, 0.25) is 5.91 Å². The quantitative estimate of drug-likeness (QED) is 0.681. The summed E-state index contributed by atoms with van der Waals surface area (Å²) in [6, 6.07) is 0. The highest BCUT2D eigenvalue weighted by atomic mass is 16.3. The van der Waals surface area contributed by atoms with E-state index in [1.807, 2.05) is 6.92 Å². The maximum atomic E-state index is 11.0. The smallest absolute Gasteiger partial charge is 0.241 e. The molecule has 0 spiro atoms. The standard InChI is InChI=1S/C8H14N4O2/c1-3-7(13)6-4-12(11-10-6)5-8(14)9-2/h4,7,13H,3,5H2,1-2H3,(H,9,14). The van der Waals surface area contributed by atoms with Gasteiger partial charge in [0.15, 0.2) is 0 Å². The minimum Gasteiger partial charge on any atom is -0.387 e. The fraction of sp³-hybridized carbons (Fsp3) is 0.625. The Bertz CT molecular complexity index is 310. The molecule has 6 heteroatoms. The first kappa shape index (κ1) is 10.6. The van der Waals surface area contributed by atoms with Crippen LogP contribution in [0, 0.1) is 0 Å². The van der Waals surface area contributed by atoms with Crippen LogP contribution in [-0.4, -0.2) is 33.1 Å². The molecule has 1 atom stereocenters. The molecule has 0 bridgehead atoms. The molecule has 1 heterocycles. The van der Waals surface area contributed by atoms with E-state index < -0.39 is 6.10 Å². The lowest BCUT2D eigenvalue weighted by Crippen LogP contribution is -2.23. The molecule has 1 rings (SSSR count). The van der Waals surface area contributed by atoms with Crippen LogP contribution in [0.15, 0.2) is 6.20 Å². The summed E-state index contributed by atoms with van der Waals surface area (Å²) in [5, 5.41) is 19.4. The lowest BCUT2D eigenvalue weighted by Gasteiger charge is -2.00. The maximum absolute atomic E-state index is 11.0. The van der Waals surface area contributed by atoms with Gasteiger partial charge in [-0.2, -0.15) is 0 Å². The van der Waals surface area contributed by atoms with Gasteiger partial charge < -0.3 is 10.4 Å². The summed E-state index contributed by atoms with van der Waals surface area (Å²) in [5.74, 6) is -0.146. The number of carbonyl (C=O) groups excluding carboxylic acids is 1. The normalized spacial score (nSPS) is 12.5. The number of carbonyl (C=O) groups is 1. The van der Waals surface area contributed by atoms with Crippen molar-refractivity contribution < 1.29 is 9.90 Å². The molecular weight excluding hydrogens is 184 g/mol. The third kappa shape index (κ3) is 2.53. The van der Waals surface area contributed by atoms with Crippen LogP contribution in [0.25, 0.3) is 0 Å². The van der Waals surface area contributed by atoms with E-state index in [2.05, 4.69) is 15.6 Å². The number of likely N-dealkylation sites (N-methyl/N-ethyl adjacent to an activating group) is 1. The van der Waals surface area contributed by atoms with E-state index in [1.54, 1.807) is 13.2 Å². The number of rotatable bonds is 4. The largest absolute Gasteiger partial charge is 0.387 e. The summed E-state index contributed by atoms with van der Waals surface area (Å²) < 4.78 is 1.40. The SMILES string of the molecule is CCC(O)c1cn(CC(=O)NC)nn1. The predicted octanol–water partition coefficient (Wildman–Crippen LogP) is -0.533. The van der Waals surface area contributed by atoms with Crippen molar-refractivity contribution in [1.82, 2.24) is 20.3 Å². The summed E-state index contributed by atoms with van der Waals surface area (Å²) >= 11 is 0. The van der Waals surface area contributed by atoms with E-state index in [0.717, 1.165) is 0 Å². The molecule has 2 N–H and O–H groups in total. The molecule has 1 unspecified atom stereocenters. The highest BCUT2D eigenvalue weighted by Gasteiger charge is 2.10. The summed E-state index contributed by atoms with van der Waals surface area (Å²) in [7, 11) is 1.56. The van der Waals surface area contributed by atoms with Crippen molar-refractivity contribution in [2.45, 2.75) is 26.0 Å². The fourth-order valence-corrected chi connectivity index (χ4v) is 0.979. The van der Waals surface area contributed by atoms with Crippen molar-refractivity contribution in [1.29, 1.82) is 0 Å². The van der Waals surface area contributed by atoms with Crippen molar-refractivity contribution >= 4 is 5.91 Å². The predicted molar refractivity (Wildman–Crippen MR) is 49.3 cm³/mol. The van der Waals surface area contributed by atoms with Gasteiger partial charge in [0.05, 0.1) is 12.3 Å². The van der Waals surface area contributed by atoms with Gasteiger partial charge in [0.25, 0.3) is 0 Å². The van der Waals surface area contributed by atoms with E-state index in [9.17, 15) is 9.90 Å². The first-order valence-electron chi connectivity index (χ1n) is 4.46. The van der Waals surface area contributed by atoms with Gasteiger partial charge in [-0.1, -0.05) is 12.1 Å². The Hall–Kier alpha value is -1.43. The molecular formula is C8H14N4O2. The second kappa shape index (κ2) is 4.71. The second-order valence-corrected chi connectivity index (χ2v) is 2.94. The topological polar surface area (TPSA) is 80.0 Å². The van der Waals surface area contributed by atoms with Gasteiger partial charge in [-0.25, -0.2) is 4.68 Å². The average molecular weight is 198 g/mol. The minimum atomic E-state index is -0.603. The summed E-state index contributed by atoms with van der Waals surface area (Å²) in [6.45, 7) is 1.97. The van der Waals surface area contributed by atoms with Crippen molar-refractivity contribution in [3.63, 3.8) is 0 Å². The molecule has 0 aliphatic carbocycles. The molecule has 1 aromatic heterocycles. The number of aliphatic hydroxyl groups is 1. The molecule has 1 aromatic rings. The Morgan fingerprint density at radius 2 is 2.50 bits per heavy atom. The number of nitrogens with one attached hydrogen (secondary N) is 1. The number of aliphatic hydroxyl groups excluding tert-OH is 1. The molecule has 1 amide bonds. The first-order valence-corrected chi connectivity index (χ1v) is 4.46. The van der Waals surface area contributed by atoms with Crippen LogP contribution in [0.1, 0.15) is 25.1 Å². The number of hydrogen-bond donors (Lipinski definition) is 2. The Labute approximate surface area is 81.9 Å².